The number of allylic oxidation sites excluding steroid dienone is 2. The van der Waals surface area contributed by atoms with Gasteiger partial charge < -0.3 is 0 Å². The average molecular weight is 272 g/mol. The first-order chi connectivity index (χ1) is 8.56. The Balaban J connectivity index is 2.19. The summed E-state index contributed by atoms with van der Waals surface area (Å²) in [6.45, 7) is 2.19. The number of hydrogen-bond donors (Lipinski definition) is 1. The summed E-state index contributed by atoms with van der Waals surface area (Å²) in [4.78, 5) is 11.7. The van der Waals surface area contributed by atoms with Gasteiger partial charge in [-0.3, -0.25) is 9.52 Å². The summed E-state index contributed by atoms with van der Waals surface area (Å²) < 4.78 is 15.4. The standard InChI is InChI=1S/C13H24N2O2S/c1-4-5-6-7-8-9-11-10-12(11)13(16)14-18(17)15(2)3/h8-9,11-12H,4-7,10H2,1-3H3,(H,14,16)/b9-8-. The zero-order valence-corrected chi connectivity index (χ0v) is 12.3. The number of nitrogens with one attached hydrogen (secondary N) is 1. The van der Waals surface area contributed by atoms with Gasteiger partial charge in [0.1, 0.15) is 0 Å². The molecule has 0 aromatic heterocycles. The topological polar surface area (TPSA) is 49.4 Å². The van der Waals surface area contributed by atoms with E-state index in [1.54, 1.807) is 14.1 Å². The van der Waals surface area contributed by atoms with Gasteiger partial charge in [0.25, 0.3) is 0 Å². The second-order valence-electron chi connectivity index (χ2n) is 4.96. The quantitative estimate of drug-likeness (QED) is 0.543. The molecule has 0 radical (unpaired) electrons. The second kappa shape index (κ2) is 7.69. The van der Waals surface area contributed by atoms with Crippen LogP contribution in [-0.4, -0.2) is 28.5 Å². The Morgan fingerprint density at radius 2 is 2.17 bits per heavy atom. The lowest BCUT2D eigenvalue weighted by Crippen LogP contribution is -2.35. The molecule has 1 fully saturated rings. The molecule has 18 heavy (non-hydrogen) atoms. The van der Waals surface area contributed by atoms with Crippen molar-refractivity contribution in [2.45, 2.75) is 39.0 Å². The molecule has 5 heteroatoms. The van der Waals surface area contributed by atoms with Gasteiger partial charge in [0.05, 0.1) is 0 Å². The van der Waals surface area contributed by atoms with Crippen LogP contribution in [-0.2, 0) is 16.0 Å². The van der Waals surface area contributed by atoms with Gasteiger partial charge in [-0.25, -0.2) is 8.51 Å². The van der Waals surface area contributed by atoms with Gasteiger partial charge >= 0.3 is 0 Å². The van der Waals surface area contributed by atoms with Crippen LogP contribution in [0.2, 0.25) is 0 Å². The normalized spacial score (nSPS) is 24.4. The smallest absolute Gasteiger partial charge is 0.236 e. The highest BCUT2D eigenvalue weighted by molar-refractivity contribution is 7.81. The van der Waals surface area contributed by atoms with E-state index in [1.807, 2.05) is 0 Å². The molecule has 0 bridgehead atoms. The summed E-state index contributed by atoms with van der Waals surface area (Å²) in [5, 5.41) is 0. The van der Waals surface area contributed by atoms with Crippen molar-refractivity contribution in [1.29, 1.82) is 0 Å². The largest absolute Gasteiger partial charge is 0.274 e. The van der Waals surface area contributed by atoms with E-state index < -0.39 is 11.2 Å². The second-order valence-corrected chi connectivity index (χ2v) is 6.39. The zero-order chi connectivity index (χ0) is 13.5. The maximum atomic E-state index is 11.7. The van der Waals surface area contributed by atoms with Gasteiger partial charge in [-0.1, -0.05) is 31.9 Å². The molecule has 1 rings (SSSR count). The molecule has 0 aromatic carbocycles. The minimum absolute atomic E-state index is 0.0244. The van der Waals surface area contributed by atoms with E-state index in [0.29, 0.717) is 5.92 Å². The maximum absolute atomic E-state index is 11.7. The average Bonchev–Trinajstić information content (AvgIpc) is 3.08. The van der Waals surface area contributed by atoms with Gasteiger partial charge in [0.2, 0.25) is 5.91 Å². The first-order valence-corrected chi connectivity index (χ1v) is 7.73. The molecular weight excluding hydrogens is 248 g/mol. The molecule has 0 heterocycles. The van der Waals surface area contributed by atoms with Crippen LogP contribution in [0.3, 0.4) is 0 Å². The van der Waals surface area contributed by atoms with E-state index >= 15 is 0 Å². The van der Waals surface area contributed by atoms with Crippen molar-refractivity contribution in [3.63, 3.8) is 0 Å². The number of carbonyl (C=O) groups excluding carboxylic acids is 1. The van der Waals surface area contributed by atoms with Crippen LogP contribution in [0.25, 0.3) is 0 Å². The molecule has 0 aromatic rings. The van der Waals surface area contributed by atoms with E-state index in [9.17, 15) is 9.00 Å². The van der Waals surface area contributed by atoms with Crippen molar-refractivity contribution in [3.05, 3.63) is 12.2 Å². The Morgan fingerprint density at radius 1 is 1.44 bits per heavy atom. The lowest BCUT2D eigenvalue weighted by molar-refractivity contribution is -0.120. The summed E-state index contributed by atoms with van der Waals surface area (Å²) in [5.41, 5.74) is 0. The fourth-order valence-electron chi connectivity index (χ4n) is 1.77. The molecule has 1 N–H and O–H groups in total. The molecular formula is C13H24N2O2S. The van der Waals surface area contributed by atoms with E-state index in [0.717, 1.165) is 12.8 Å². The number of unbranched alkanes of at least 4 members (excludes halogenated alkanes) is 3. The van der Waals surface area contributed by atoms with Crippen molar-refractivity contribution in [1.82, 2.24) is 9.03 Å². The Kier molecular flexibility index (Phi) is 6.57. The van der Waals surface area contributed by atoms with Crippen LogP contribution in [0.4, 0.5) is 0 Å². The number of carbonyl (C=O) groups is 1. The molecule has 0 spiro atoms. The summed E-state index contributed by atoms with van der Waals surface area (Å²) >= 11 is -1.40. The van der Waals surface area contributed by atoms with Crippen LogP contribution < -0.4 is 4.72 Å². The van der Waals surface area contributed by atoms with Crippen LogP contribution in [0.15, 0.2) is 12.2 Å². The van der Waals surface area contributed by atoms with Gasteiger partial charge in [-0.2, -0.15) is 0 Å². The minimum Gasteiger partial charge on any atom is -0.274 e. The number of amides is 1. The summed E-state index contributed by atoms with van der Waals surface area (Å²) in [6, 6.07) is 0. The molecule has 0 saturated heterocycles. The van der Waals surface area contributed by atoms with Gasteiger partial charge in [0, 0.05) is 20.0 Å². The number of hydrogen-bond acceptors (Lipinski definition) is 2. The summed E-state index contributed by atoms with van der Waals surface area (Å²) in [6.07, 6.45) is 10.0. The zero-order valence-electron chi connectivity index (χ0n) is 11.5. The lowest BCUT2D eigenvalue weighted by Gasteiger charge is -2.09. The third-order valence-corrected chi connectivity index (χ3v) is 4.09. The van der Waals surface area contributed by atoms with Crippen LogP contribution in [0.5, 0.6) is 0 Å². The van der Waals surface area contributed by atoms with Crippen LogP contribution in [0, 0.1) is 11.8 Å². The molecule has 3 unspecified atom stereocenters. The van der Waals surface area contributed by atoms with Crippen LogP contribution in [0.1, 0.15) is 39.0 Å². The molecule has 0 aliphatic heterocycles. The molecule has 1 aliphatic rings. The Morgan fingerprint density at radius 3 is 2.78 bits per heavy atom. The monoisotopic (exact) mass is 272 g/mol. The Hall–Kier alpha value is -0.680. The molecule has 4 nitrogen and oxygen atoms in total. The first-order valence-electron chi connectivity index (χ1n) is 6.62. The maximum Gasteiger partial charge on any atom is 0.236 e. The van der Waals surface area contributed by atoms with Crippen molar-refractivity contribution in [3.8, 4) is 0 Å². The lowest BCUT2D eigenvalue weighted by atomic mass is 10.2. The highest BCUT2D eigenvalue weighted by Gasteiger charge is 2.41. The Bertz CT molecular complexity index is 329. The SMILES string of the molecule is CCCCC/C=C\C1CC1C(=O)NS(=O)N(C)C. The van der Waals surface area contributed by atoms with E-state index in [4.69, 9.17) is 0 Å². The molecule has 104 valence electrons. The van der Waals surface area contributed by atoms with Crippen LogP contribution >= 0.6 is 0 Å². The number of nitrogens with zero attached hydrogens (tertiary/aromatic N) is 1. The minimum atomic E-state index is -1.40. The van der Waals surface area contributed by atoms with Crippen molar-refractivity contribution >= 4 is 17.1 Å². The predicted molar refractivity (Wildman–Crippen MR) is 74.9 cm³/mol. The fraction of sp³-hybridized carbons (Fsp3) is 0.769. The van der Waals surface area contributed by atoms with E-state index in [1.165, 1.54) is 23.6 Å². The summed E-state index contributed by atoms with van der Waals surface area (Å²) in [5.74, 6) is 0.285. The first kappa shape index (κ1) is 15.4. The van der Waals surface area contributed by atoms with Crippen molar-refractivity contribution in [2.75, 3.05) is 14.1 Å². The highest BCUT2D eigenvalue weighted by atomic mass is 32.2. The van der Waals surface area contributed by atoms with Gasteiger partial charge in [0.15, 0.2) is 11.2 Å². The summed E-state index contributed by atoms with van der Waals surface area (Å²) in [7, 11) is 3.35. The highest BCUT2D eigenvalue weighted by Crippen LogP contribution is 2.39. The third-order valence-electron chi connectivity index (χ3n) is 3.05. The van der Waals surface area contributed by atoms with Crippen molar-refractivity contribution < 1.29 is 9.00 Å². The molecule has 1 aliphatic carbocycles. The molecule has 1 amide bonds. The molecule has 1 saturated carbocycles. The van der Waals surface area contributed by atoms with Crippen molar-refractivity contribution in [2.24, 2.45) is 11.8 Å². The predicted octanol–water partition coefficient (Wildman–Crippen LogP) is 2.02. The van der Waals surface area contributed by atoms with Gasteiger partial charge in [-0.15, -0.1) is 0 Å². The molecule has 3 atom stereocenters. The third kappa shape index (κ3) is 5.31. The fourth-order valence-corrected chi connectivity index (χ4v) is 2.27. The van der Waals surface area contributed by atoms with E-state index in [2.05, 4.69) is 23.8 Å². The van der Waals surface area contributed by atoms with E-state index in [-0.39, 0.29) is 11.8 Å². The van der Waals surface area contributed by atoms with Gasteiger partial charge in [-0.05, 0) is 25.2 Å². The Labute approximate surface area is 113 Å². The number of rotatable bonds is 8.